The predicted octanol–water partition coefficient (Wildman–Crippen LogP) is 3.69. The van der Waals surface area contributed by atoms with Crippen LogP contribution in [0.25, 0.3) is 0 Å². The molecule has 1 aliphatic rings. The maximum atomic E-state index is 12.9. The molecule has 3 rings (SSSR count). The molecule has 0 aliphatic carbocycles. The summed E-state index contributed by atoms with van der Waals surface area (Å²) in [6.45, 7) is 3.97. The fourth-order valence-electron chi connectivity index (χ4n) is 2.64. The molecule has 2 aromatic rings. The highest BCUT2D eigenvalue weighted by molar-refractivity contribution is 8.15. The van der Waals surface area contributed by atoms with Gasteiger partial charge in [0.1, 0.15) is 11.1 Å². The zero-order valence-corrected chi connectivity index (χ0v) is 15.2. The van der Waals surface area contributed by atoms with Crippen LogP contribution in [0.4, 0.5) is 15.8 Å². The van der Waals surface area contributed by atoms with Crippen LogP contribution >= 0.6 is 11.8 Å². The Kier molecular flexibility index (Phi) is 5.37. The highest BCUT2D eigenvalue weighted by atomic mass is 32.2. The Morgan fingerprint density at radius 3 is 2.50 bits per heavy atom. The van der Waals surface area contributed by atoms with Gasteiger partial charge in [0.05, 0.1) is 5.69 Å². The van der Waals surface area contributed by atoms with E-state index >= 15 is 0 Å². The normalized spacial score (nSPS) is 18.0. The Morgan fingerprint density at radius 1 is 1.19 bits per heavy atom. The van der Waals surface area contributed by atoms with Crippen molar-refractivity contribution in [2.45, 2.75) is 25.5 Å². The standard InChI is InChI=1S/C19H18FN3O2S/c1-11-7-12(2)9-15(8-11)22-19-23-18(25)16(26-19)10-17(24)21-14-5-3-13(20)4-6-14/h3-9,16H,10H2,1-2H3,(H,21,24)(H,22,23,25)/t16-/m0/s1. The number of aliphatic imine (C=N–C) groups is 1. The summed E-state index contributed by atoms with van der Waals surface area (Å²) in [5, 5.41) is 5.31. The number of benzene rings is 2. The van der Waals surface area contributed by atoms with Gasteiger partial charge in [-0.05, 0) is 61.4 Å². The number of aryl methyl sites for hydroxylation is 2. The van der Waals surface area contributed by atoms with Gasteiger partial charge in [-0.1, -0.05) is 17.8 Å². The van der Waals surface area contributed by atoms with Crippen LogP contribution in [0.5, 0.6) is 0 Å². The molecule has 2 amide bonds. The third-order valence-electron chi connectivity index (χ3n) is 3.71. The van der Waals surface area contributed by atoms with Crippen LogP contribution in [0.3, 0.4) is 0 Å². The van der Waals surface area contributed by atoms with E-state index in [1.54, 1.807) is 0 Å². The van der Waals surface area contributed by atoms with Gasteiger partial charge in [-0.3, -0.25) is 9.59 Å². The van der Waals surface area contributed by atoms with E-state index in [2.05, 4.69) is 15.6 Å². The molecule has 0 spiro atoms. The van der Waals surface area contributed by atoms with E-state index in [0.717, 1.165) is 16.8 Å². The van der Waals surface area contributed by atoms with Crippen LogP contribution in [0.15, 0.2) is 47.5 Å². The third kappa shape index (κ3) is 4.70. The second kappa shape index (κ2) is 7.70. The summed E-state index contributed by atoms with van der Waals surface area (Å²) in [5.74, 6) is -0.926. The van der Waals surface area contributed by atoms with Gasteiger partial charge in [0.25, 0.3) is 0 Å². The fraction of sp³-hybridized carbons (Fsp3) is 0.211. The van der Waals surface area contributed by atoms with Crippen molar-refractivity contribution in [3.63, 3.8) is 0 Å². The quantitative estimate of drug-likeness (QED) is 0.861. The van der Waals surface area contributed by atoms with Gasteiger partial charge in [-0.15, -0.1) is 0 Å². The summed E-state index contributed by atoms with van der Waals surface area (Å²) in [4.78, 5) is 28.7. The Labute approximate surface area is 155 Å². The first-order valence-electron chi connectivity index (χ1n) is 8.09. The van der Waals surface area contributed by atoms with Gasteiger partial charge in [0.15, 0.2) is 5.17 Å². The first-order valence-corrected chi connectivity index (χ1v) is 8.97. The van der Waals surface area contributed by atoms with Crippen LogP contribution < -0.4 is 10.6 Å². The van der Waals surface area contributed by atoms with Gasteiger partial charge in [0, 0.05) is 12.1 Å². The van der Waals surface area contributed by atoms with E-state index < -0.39 is 5.25 Å². The lowest BCUT2D eigenvalue weighted by molar-refractivity contribution is -0.122. The van der Waals surface area contributed by atoms with E-state index in [4.69, 9.17) is 0 Å². The average Bonchev–Trinajstić information content (AvgIpc) is 2.88. The number of anilines is 1. The Balaban J connectivity index is 1.63. The van der Waals surface area contributed by atoms with Gasteiger partial charge in [-0.25, -0.2) is 9.38 Å². The number of nitrogens with one attached hydrogen (secondary N) is 2. The minimum Gasteiger partial charge on any atom is -0.326 e. The topological polar surface area (TPSA) is 70.6 Å². The molecule has 7 heteroatoms. The summed E-state index contributed by atoms with van der Waals surface area (Å²) in [7, 11) is 0. The maximum Gasteiger partial charge on any atom is 0.240 e. The summed E-state index contributed by atoms with van der Waals surface area (Å²) in [6, 6.07) is 11.4. The molecule has 0 radical (unpaired) electrons. The molecule has 1 atom stereocenters. The van der Waals surface area contributed by atoms with Crippen molar-refractivity contribution in [1.29, 1.82) is 0 Å². The molecule has 1 saturated heterocycles. The lowest BCUT2D eigenvalue weighted by Crippen LogP contribution is -2.28. The maximum absolute atomic E-state index is 12.9. The van der Waals surface area contributed by atoms with Crippen LogP contribution in [-0.2, 0) is 9.59 Å². The van der Waals surface area contributed by atoms with Crippen molar-refractivity contribution in [1.82, 2.24) is 5.32 Å². The molecule has 1 fully saturated rings. The molecule has 2 N–H and O–H groups in total. The molecule has 0 unspecified atom stereocenters. The van der Waals surface area contributed by atoms with Crippen LogP contribution in [0.1, 0.15) is 17.5 Å². The van der Waals surface area contributed by atoms with Crippen LogP contribution in [0.2, 0.25) is 0 Å². The molecular formula is C19H18FN3O2S. The monoisotopic (exact) mass is 371 g/mol. The largest absolute Gasteiger partial charge is 0.326 e. The molecule has 1 heterocycles. The van der Waals surface area contributed by atoms with Crippen LogP contribution in [-0.4, -0.2) is 22.2 Å². The number of amidine groups is 1. The predicted molar refractivity (Wildman–Crippen MR) is 102 cm³/mol. The van der Waals surface area contributed by atoms with E-state index in [1.807, 2.05) is 32.0 Å². The smallest absolute Gasteiger partial charge is 0.240 e. The molecule has 1 aliphatic heterocycles. The van der Waals surface area contributed by atoms with Gasteiger partial charge >= 0.3 is 0 Å². The molecule has 134 valence electrons. The number of rotatable bonds is 4. The third-order valence-corrected chi connectivity index (χ3v) is 4.79. The van der Waals surface area contributed by atoms with Crippen molar-refractivity contribution < 1.29 is 14.0 Å². The number of hydrogen-bond acceptors (Lipinski definition) is 4. The number of amides is 2. The highest BCUT2D eigenvalue weighted by Crippen LogP contribution is 2.26. The van der Waals surface area contributed by atoms with Gasteiger partial charge < -0.3 is 10.6 Å². The van der Waals surface area contributed by atoms with E-state index in [9.17, 15) is 14.0 Å². The van der Waals surface area contributed by atoms with Crippen molar-refractivity contribution in [3.8, 4) is 0 Å². The lowest BCUT2D eigenvalue weighted by atomic mass is 10.1. The minimum atomic E-state index is -0.542. The molecule has 0 bridgehead atoms. The number of halogens is 1. The number of thioether (sulfide) groups is 1. The second-order valence-corrected chi connectivity index (χ2v) is 7.31. The lowest BCUT2D eigenvalue weighted by Gasteiger charge is -2.07. The summed E-state index contributed by atoms with van der Waals surface area (Å²) < 4.78 is 12.9. The Hall–Kier alpha value is -2.67. The molecule has 0 saturated carbocycles. The van der Waals surface area contributed by atoms with Crippen molar-refractivity contribution >= 4 is 40.1 Å². The number of nitrogens with zero attached hydrogens (tertiary/aromatic N) is 1. The number of carbonyl (C=O) groups excluding carboxylic acids is 2. The average molecular weight is 371 g/mol. The highest BCUT2D eigenvalue weighted by Gasteiger charge is 2.32. The summed E-state index contributed by atoms with van der Waals surface area (Å²) in [6.07, 6.45) is 0.0136. The van der Waals surface area contributed by atoms with Crippen molar-refractivity contribution in [2.24, 2.45) is 4.99 Å². The van der Waals surface area contributed by atoms with Gasteiger partial charge in [-0.2, -0.15) is 0 Å². The molecule has 5 nitrogen and oxygen atoms in total. The summed E-state index contributed by atoms with van der Waals surface area (Å²) >= 11 is 1.24. The van der Waals surface area contributed by atoms with E-state index in [0.29, 0.717) is 10.9 Å². The first-order chi connectivity index (χ1) is 12.4. The second-order valence-electron chi connectivity index (χ2n) is 6.12. The number of hydrogen-bond donors (Lipinski definition) is 2. The summed E-state index contributed by atoms with van der Waals surface area (Å²) in [5.41, 5.74) is 3.44. The van der Waals surface area contributed by atoms with Crippen LogP contribution in [0, 0.1) is 19.7 Å². The molecular weight excluding hydrogens is 353 g/mol. The SMILES string of the molecule is Cc1cc(C)cc(N=C2NC(=O)[C@H](CC(=O)Nc3ccc(F)cc3)S2)c1. The Bertz CT molecular complexity index is 861. The fourth-order valence-corrected chi connectivity index (χ4v) is 3.63. The van der Waals surface area contributed by atoms with Crippen molar-refractivity contribution in [3.05, 3.63) is 59.4 Å². The zero-order chi connectivity index (χ0) is 18.7. The zero-order valence-electron chi connectivity index (χ0n) is 14.4. The Morgan fingerprint density at radius 2 is 1.85 bits per heavy atom. The minimum absolute atomic E-state index is 0.0136. The van der Waals surface area contributed by atoms with E-state index in [-0.39, 0.29) is 24.1 Å². The van der Waals surface area contributed by atoms with E-state index in [1.165, 1.54) is 36.0 Å². The number of carbonyl (C=O) groups is 2. The molecule has 26 heavy (non-hydrogen) atoms. The van der Waals surface area contributed by atoms with Gasteiger partial charge in [0.2, 0.25) is 11.8 Å². The molecule has 2 aromatic carbocycles. The van der Waals surface area contributed by atoms with Crippen molar-refractivity contribution in [2.75, 3.05) is 5.32 Å². The molecule has 0 aromatic heterocycles. The first kappa shape index (κ1) is 18.1.